The van der Waals surface area contributed by atoms with Gasteiger partial charge in [0.2, 0.25) is 0 Å². The Balaban J connectivity index is 1.75. The molecule has 2 aromatic heterocycles. The zero-order chi connectivity index (χ0) is 14.2. The van der Waals surface area contributed by atoms with Crippen LogP contribution in [0.3, 0.4) is 0 Å². The minimum Gasteiger partial charge on any atom is -0.337 e. The lowest BCUT2D eigenvalue weighted by molar-refractivity contribution is 1.36. The van der Waals surface area contributed by atoms with Gasteiger partial charge in [0.1, 0.15) is 5.82 Å². The summed E-state index contributed by atoms with van der Waals surface area (Å²) >= 11 is 1.77. The third kappa shape index (κ3) is 2.26. The smallest absolute Gasteiger partial charge is 0.148 e. The maximum absolute atomic E-state index is 4.66. The Bertz CT molecular complexity index is 867. The van der Waals surface area contributed by atoms with E-state index in [4.69, 9.17) is 0 Å². The van der Waals surface area contributed by atoms with Crippen LogP contribution >= 0.6 is 11.3 Å². The lowest BCUT2D eigenvalue weighted by Crippen LogP contribution is -1.73. The molecule has 4 aromatic rings. The van der Waals surface area contributed by atoms with Gasteiger partial charge >= 0.3 is 0 Å². The van der Waals surface area contributed by atoms with Crippen molar-refractivity contribution in [2.24, 2.45) is 0 Å². The van der Waals surface area contributed by atoms with Crippen LogP contribution in [0.1, 0.15) is 5.56 Å². The molecule has 2 nitrogen and oxygen atoms in total. The van der Waals surface area contributed by atoms with Crippen molar-refractivity contribution >= 4 is 22.4 Å². The lowest BCUT2D eigenvalue weighted by atomic mass is 10.1. The molecule has 0 radical (unpaired) electrons. The number of rotatable bonds is 2. The summed E-state index contributed by atoms with van der Waals surface area (Å²) in [6.45, 7) is 2.11. The average Bonchev–Trinajstić information content (AvgIpc) is 3.14. The topological polar surface area (TPSA) is 28.7 Å². The highest BCUT2D eigenvalue weighted by atomic mass is 32.1. The van der Waals surface area contributed by atoms with E-state index in [9.17, 15) is 0 Å². The molecule has 0 aliphatic carbocycles. The van der Waals surface area contributed by atoms with Crippen LogP contribution in [0.25, 0.3) is 32.2 Å². The molecule has 2 heterocycles. The molecule has 0 bridgehead atoms. The van der Waals surface area contributed by atoms with E-state index in [0.29, 0.717) is 0 Å². The number of aryl methyl sites for hydroxylation is 1. The molecule has 102 valence electrons. The second kappa shape index (κ2) is 4.86. The molecule has 0 fully saturated rings. The molecule has 0 aliphatic heterocycles. The van der Waals surface area contributed by atoms with Gasteiger partial charge < -0.3 is 4.98 Å². The van der Waals surface area contributed by atoms with Crippen LogP contribution in [0.4, 0.5) is 0 Å². The predicted molar refractivity (Wildman–Crippen MR) is 89.6 cm³/mol. The zero-order valence-electron chi connectivity index (χ0n) is 11.6. The SMILES string of the molecule is Cc1ccc(-c2ccc(-c3nc4ccccc4[nH]3)s2)cc1. The van der Waals surface area contributed by atoms with Crippen molar-refractivity contribution in [2.75, 3.05) is 0 Å². The molecular formula is C18H14N2S. The molecule has 1 N–H and O–H groups in total. The van der Waals surface area contributed by atoms with Crippen LogP contribution in [-0.4, -0.2) is 9.97 Å². The minimum atomic E-state index is 0.944. The number of H-pyrrole nitrogens is 1. The van der Waals surface area contributed by atoms with E-state index < -0.39 is 0 Å². The van der Waals surface area contributed by atoms with Crippen molar-refractivity contribution < 1.29 is 0 Å². The van der Waals surface area contributed by atoms with Crippen LogP contribution in [-0.2, 0) is 0 Å². The highest BCUT2D eigenvalue weighted by molar-refractivity contribution is 7.18. The average molecular weight is 290 g/mol. The summed E-state index contributed by atoms with van der Waals surface area (Å²) in [5.74, 6) is 0.944. The molecule has 0 saturated carbocycles. The van der Waals surface area contributed by atoms with Crippen LogP contribution < -0.4 is 0 Å². The van der Waals surface area contributed by atoms with Gasteiger partial charge in [-0.1, -0.05) is 42.0 Å². The number of para-hydroxylation sites is 2. The Kier molecular flexibility index (Phi) is 2.86. The summed E-state index contributed by atoms with van der Waals surface area (Å²) in [6.07, 6.45) is 0. The second-order valence-electron chi connectivity index (χ2n) is 5.13. The van der Waals surface area contributed by atoms with E-state index in [-0.39, 0.29) is 0 Å². The normalized spacial score (nSPS) is 11.1. The number of hydrogen-bond donors (Lipinski definition) is 1. The van der Waals surface area contributed by atoms with Crippen LogP contribution in [0.2, 0.25) is 0 Å². The molecule has 0 amide bonds. The van der Waals surface area contributed by atoms with E-state index >= 15 is 0 Å². The molecule has 4 rings (SSSR count). The second-order valence-corrected chi connectivity index (χ2v) is 6.22. The first kappa shape index (κ1) is 12.4. The van der Waals surface area contributed by atoms with Crippen molar-refractivity contribution in [3.8, 4) is 21.1 Å². The fourth-order valence-corrected chi connectivity index (χ4v) is 3.36. The quantitative estimate of drug-likeness (QED) is 0.535. The first-order chi connectivity index (χ1) is 10.3. The Morgan fingerprint density at radius 2 is 1.62 bits per heavy atom. The number of fused-ring (bicyclic) bond motifs is 1. The molecule has 0 atom stereocenters. The summed E-state index contributed by atoms with van der Waals surface area (Å²) in [5.41, 5.74) is 4.64. The van der Waals surface area contributed by atoms with Crippen LogP contribution in [0, 0.1) is 6.92 Å². The Morgan fingerprint density at radius 3 is 2.43 bits per heavy atom. The van der Waals surface area contributed by atoms with E-state index in [1.54, 1.807) is 11.3 Å². The summed E-state index contributed by atoms with van der Waals surface area (Å²) in [7, 11) is 0. The minimum absolute atomic E-state index is 0.944. The summed E-state index contributed by atoms with van der Waals surface area (Å²) in [5, 5.41) is 0. The molecule has 0 spiro atoms. The van der Waals surface area contributed by atoms with Gasteiger partial charge in [0, 0.05) is 4.88 Å². The molecule has 0 saturated heterocycles. The fraction of sp³-hybridized carbons (Fsp3) is 0.0556. The maximum Gasteiger partial charge on any atom is 0.148 e. The standard InChI is InChI=1S/C18H14N2S/c1-12-6-8-13(9-7-12)16-10-11-17(21-16)18-19-14-4-2-3-5-15(14)20-18/h2-11H,1H3,(H,19,20). The number of aromatic nitrogens is 2. The molecule has 21 heavy (non-hydrogen) atoms. The number of aromatic amines is 1. The van der Waals surface area contributed by atoms with Crippen LogP contribution in [0.5, 0.6) is 0 Å². The van der Waals surface area contributed by atoms with Gasteiger partial charge in [-0.25, -0.2) is 4.98 Å². The number of imidazole rings is 1. The zero-order valence-corrected chi connectivity index (χ0v) is 12.4. The number of thiophene rings is 1. The molecule has 0 aliphatic rings. The van der Waals surface area contributed by atoms with E-state index in [0.717, 1.165) is 16.9 Å². The van der Waals surface area contributed by atoms with Gasteiger partial charge in [-0.05, 0) is 36.8 Å². The largest absolute Gasteiger partial charge is 0.337 e. The van der Waals surface area contributed by atoms with Crippen molar-refractivity contribution in [3.63, 3.8) is 0 Å². The summed E-state index contributed by atoms with van der Waals surface area (Å²) < 4.78 is 0. The Morgan fingerprint density at radius 1 is 0.857 bits per heavy atom. The fourth-order valence-electron chi connectivity index (χ4n) is 2.41. The Hall–Kier alpha value is -2.39. The van der Waals surface area contributed by atoms with Gasteiger partial charge in [-0.15, -0.1) is 11.3 Å². The monoisotopic (exact) mass is 290 g/mol. The molecule has 2 aromatic carbocycles. The predicted octanol–water partition coefficient (Wildman–Crippen LogP) is 5.27. The van der Waals surface area contributed by atoms with Gasteiger partial charge in [0.15, 0.2) is 0 Å². The molecule has 0 unspecified atom stereocenters. The van der Waals surface area contributed by atoms with E-state index in [1.807, 2.05) is 18.2 Å². The third-order valence-corrected chi connectivity index (χ3v) is 4.71. The highest BCUT2D eigenvalue weighted by Gasteiger charge is 2.08. The number of hydrogen-bond acceptors (Lipinski definition) is 2. The lowest BCUT2D eigenvalue weighted by Gasteiger charge is -1.97. The highest BCUT2D eigenvalue weighted by Crippen LogP contribution is 2.33. The molecule has 3 heteroatoms. The van der Waals surface area contributed by atoms with Gasteiger partial charge in [-0.2, -0.15) is 0 Å². The number of nitrogens with zero attached hydrogens (tertiary/aromatic N) is 1. The van der Waals surface area contributed by atoms with E-state index in [1.165, 1.54) is 20.9 Å². The third-order valence-electron chi connectivity index (χ3n) is 3.56. The summed E-state index contributed by atoms with van der Waals surface area (Å²) in [6, 6.07) is 21.1. The van der Waals surface area contributed by atoms with Crippen molar-refractivity contribution in [1.82, 2.24) is 9.97 Å². The van der Waals surface area contributed by atoms with Crippen molar-refractivity contribution in [3.05, 3.63) is 66.2 Å². The number of nitrogens with one attached hydrogen (secondary N) is 1. The van der Waals surface area contributed by atoms with Crippen molar-refractivity contribution in [1.29, 1.82) is 0 Å². The molecular weight excluding hydrogens is 276 g/mol. The maximum atomic E-state index is 4.66. The number of benzene rings is 2. The van der Waals surface area contributed by atoms with E-state index in [2.05, 4.69) is 59.4 Å². The first-order valence-electron chi connectivity index (χ1n) is 6.91. The first-order valence-corrected chi connectivity index (χ1v) is 7.73. The Labute approximate surface area is 127 Å². The van der Waals surface area contributed by atoms with Crippen molar-refractivity contribution in [2.45, 2.75) is 6.92 Å². The van der Waals surface area contributed by atoms with Crippen LogP contribution in [0.15, 0.2) is 60.7 Å². The summed E-state index contributed by atoms with van der Waals surface area (Å²) in [4.78, 5) is 10.5. The van der Waals surface area contributed by atoms with Gasteiger partial charge in [-0.3, -0.25) is 0 Å². The van der Waals surface area contributed by atoms with Gasteiger partial charge in [0.25, 0.3) is 0 Å². The van der Waals surface area contributed by atoms with Gasteiger partial charge in [0.05, 0.1) is 15.9 Å².